The Morgan fingerprint density at radius 1 is 1.07 bits per heavy atom. The third-order valence-electron chi connectivity index (χ3n) is 4.34. The Morgan fingerprint density at radius 2 is 1.86 bits per heavy atom. The van der Waals surface area contributed by atoms with Gasteiger partial charge in [-0.2, -0.15) is 9.50 Å². The van der Waals surface area contributed by atoms with Crippen molar-refractivity contribution in [2.45, 2.75) is 13.1 Å². The van der Waals surface area contributed by atoms with E-state index in [4.69, 9.17) is 4.74 Å². The number of nitrogens with zero attached hydrogens (tertiary/aromatic N) is 3. The molecular formula is C20H19FN6O2. The molecule has 0 saturated heterocycles. The highest BCUT2D eigenvalue weighted by molar-refractivity contribution is 5.44. The molecule has 0 radical (unpaired) electrons. The van der Waals surface area contributed by atoms with Crippen LogP contribution in [0, 0.1) is 5.82 Å². The van der Waals surface area contributed by atoms with Gasteiger partial charge in [-0.1, -0.05) is 18.2 Å². The lowest BCUT2D eigenvalue weighted by Gasteiger charge is -2.08. The molecular weight excluding hydrogens is 375 g/mol. The van der Waals surface area contributed by atoms with Gasteiger partial charge in [0, 0.05) is 23.9 Å². The average Bonchev–Trinajstić information content (AvgIpc) is 3.16. The molecule has 0 aliphatic rings. The number of anilines is 2. The summed E-state index contributed by atoms with van der Waals surface area (Å²) in [6, 6.07) is 15.0. The molecule has 0 atom stereocenters. The second-order valence-electron chi connectivity index (χ2n) is 6.32. The van der Waals surface area contributed by atoms with E-state index in [0.29, 0.717) is 24.7 Å². The number of methoxy groups -OCH3 is 1. The number of para-hydroxylation sites is 1. The number of hydrogen-bond donors (Lipinski definition) is 3. The van der Waals surface area contributed by atoms with Gasteiger partial charge in [0.05, 0.1) is 19.3 Å². The molecule has 9 heteroatoms. The minimum Gasteiger partial charge on any atom is -0.496 e. The molecule has 0 amide bonds. The molecule has 4 aromatic rings. The lowest BCUT2D eigenvalue weighted by atomic mass is 10.2. The standard InChI is InChI=1S/C20H19FN6O2/c1-29-17-5-3-2-4-13(17)11-23-19-25-20-24-16(10-18(28)27(20)26-19)12-22-15-8-6-14(21)7-9-15/h2-10,22H,11-12H2,1H3,(H2,23,24,25,26). The maximum absolute atomic E-state index is 13.0. The van der Waals surface area contributed by atoms with Gasteiger partial charge in [-0.25, -0.2) is 9.37 Å². The summed E-state index contributed by atoms with van der Waals surface area (Å²) < 4.78 is 19.6. The third kappa shape index (κ3) is 4.18. The van der Waals surface area contributed by atoms with Crippen LogP contribution in [0.1, 0.15) is 11.3 Å². The Labute approximate surface area is 165 Å². The molecule has 0 bridgehead atoms. The van der Waals surface area contributed by atoms with Gasteiger partial charge in [-0.15, -0.1) is 0 Å². The molecule has 2 heterocycles. The summed E-state index contributed by atoms with van der Waals surface area (Å²) in [4.78, 5) is 21.1. The number of halogens is 1. The van der Waals surface area contributed by atoms with Gasteiger partial charge in [0.15, 0.2) is 0 Å². The summed E-state index contributed by atoms with van der Waals surface area (Å²) >= 11 is 0. The van der Waals surface area contributed by atoms with E-state index in [1.54, 1.807) is 19.2 Å². The first-order valence-electron chi connectivity index (χ1n) is 8.96. The molecule has 0 aliphatic carbocycles. The van der Waals surface area contributed by atoms with Crippen molar-refractivity contribution in [3.8, 4) is 5.75 Å². The monoisotopic (exact) mass is 394 g/mol. The van der Waals surface area contributed by atoms with Crippen LogP contribution >= 0.6 is 0 Å². The van der Waals surface area contributed by atoms with Gasteiger partial charge in [0.2, 0.25) is 5.95 Å². The Balaban J connectivity index is 1.49. The minimum atomic E-state index is -0.307. The first-order valence-corrected chi connectivity index (χ1v) is 8.96. The van der Waals surface area contributed by atoms with E-state index in [0.717, 1.165) is 17.0 Å². The van der Waals surface area contributed by atoms with E-state index in [2.05, 4.69) is 25.7 Å². The van der Waals surface area contributed by atoms with E-state index < -0.39 is 0 Å². The highest BCUT2D eigenvalue weighted by Crippen LogP contribution is 2.18. The molecule has 2 aromatic carbocycles. The van der Waals surface area contributed by atoms with Gasteiger partial charge in [-0.05, 0) is 30.3 Å². The number of aromatic amines is 1. The SMILES string of the molecule is COc1ccccc1CNc1nc2nc(CNc3ccc(F)cc3)cc(=O)n2[nH]1. The van der Waals surface area contributed by atoms with Crippen LogP contribution in [-0.4, -0.2) is 26.7 Å². The van der Waals surface area contributed by atoms with E-state index >= 15 is 0 Å². The second-order valence-corrected chi connectivity index (χ2v) is 6.32. The van der Waals surface area contributed by atoms with Crippen LogP contribution in [0.25, 0.3) is 5.78 Å². The average molecular weight is 394 g/mol. The van der Waals surface area contributed by atoms with Crippen LogP contribution in [0.15, 0.2) is 59.4 Å². The Hall–Kier alpha value is -3.88. The molecule has 148 valence electrons. The molecule has 0 spiro atoms. The molecule has 8 nitrogen and oxygen atoms in total. The van der Waals surface area contributed by atoms with Crippen LogP contribution in [-0.2, 0) is 13.1 Å². The molecule has 29 heavy (non-hydrogen) atoms. The third-order valence-corrected chi connectivity index (χ3v) is 4.34. The summed E-state index contributed by atoms with van der Waals surface area (Å²) in [5.41, 5.74) is 1.94. The zero-order valence-corrected chi connectivity index (χ0v) is 15.6. The van der Waals surface area contributed by atoms with Crippen molar-refractivity contribution in [3.63, 3.8) is 0 Å². The summed E-state index contributed by atoms with van der Waals surface area (Å²) in [7, 11) is 1.62. The zero-order valence-electron chi connectivity index (χ0n) is 15.6. The van der Waals surface area contributed by atoms with Crippen molar-refractivity contribution in [2.75, 3.05) is 17.7 Å². The fourth-order valence-electron chi connectivity index (χ4n) is 2.89. The molecule has 4 rings (SSSR count). The van der Waals surface area contributed by atoms with Gasteiger partial charge in [0.1, 0.15) is 11.6 Å². The lowest BCUT2D eigenvalue weighted by molar-refractivity contribution is 0.410. The number of fused-ring (bicyclic) bond motifs is 1. The van der Waals surface area contributed by atoms with Crippen LogP contribution in [0.5, 0.6) is 5.75 Å². The van der Waals surface area contributed by atoms with Crippen LogP contribution < -0.4 is 20.9 Å². The number of ether oxygens (including phenoxy) is 1. The number of rotatable bonds is 7. The van der Waals surface area contributed by atoms with E-state index in [9.17, 15) is 9.18 Å². The smallest absolute Gasteiger partial charge is 0.274 e. The minimum absolute atomic E-state index is 0.260. The summed E-state index contributed by atoms with van der Waals surface area (Å²) in [6.07, 6.45) is 0. The molecule has 3 N–H and O–H groups in total. The molecule has 0 fully saturated rings. The Morgan fingerprint density at radius 3 is 2.66 bits per heavy atom. The number of hydrogen-bond acceptors (Lipinski definition) is 6. The van der Waals surface area contributed by atoms with E-state index in [-0.39, 0.29) is 17.2 Å². The van der Waals surface area contributed by atoms with Crippen LogP contribution in [0.3, 0.4) is 0 Å². The maximum atomic E-state index is 13.0. The van der Waals surface area contributed by atoms with Crippen LogP contribution in [0.2, 0.25) is 0 Å². The van der Waals surface area contributed by atoms with Crippen molar-refractivity contribution >= 4 is 17.4 Å². The molecule has 0 unspecified atom stereocenters. The zero-order chi connectivity index (χ0) is 20.2. The molecule has 0 saturated carbocycles. The van der Waals surface area contributed by atoms with E-state index in [1.807, 2.05) is 24.3 Å². The summed E-state index contributed by atoms with van der Waals surface area (Å²) in [5.74, 6) is 1.14. The van der Waals surface area contributed by atoms with Crippen LogP contribution in [0.4, 0.5) is 16.0 Å². The number of H-pyrrole nitrogens is 1. The molecule has 0 aliphatic heterocycles. The predicted octanol–water partition coefficient (Wildman–Crippen LogP) is 2.79. The fraction of sp³-hybridized carbons (Fsp3) is 0.150. The topological polar surface area (TPSA) is 96.3 Å². The van der Waals surface area contributed by atoms with Gasteiger partial charge in [0.25, 0.3) is 11.3 Å². The number of benzene rings is 2. The maximum Gasteiger partial charge on any atom is 0.274 e. The Kier molecular flexibility index (Phi) is 5.10. The second kappa shape index (κ2) is 8.01. The highest BCUT2D eigenvalue weighted by Gasteiger charge is 2.09. The largest absolute Gasteiger partial charge is 0.496 e. The van der Waals surface area contributed by atoms with Gasteiger partial charge >= 0.3 is 0 Å². The number of aromatic nitrogens is 4. The van der Waals surface area contributed by atoms with Crippen molar-refractivity contribution < 1.29 is 9.13 Å². The lowest BCUT2D eigenvalue weighted by Crippen LogP contribution is -2.17. The predicted molar refractivity (Wildman–Crippen MR) is 108 cm³/mol. The quantitative estimate of drug-likeness (QED) is 0.446. The fourth-order valence-corrected chi connectivity index (χ4v) is 2.89. The van der Waals surface area contributed by atoms with Crippen molar-refractivity contribution in [2.24, 2.45) is 0 Å². The van der Waals surface area contributed by atoms with Gasteiger partial charge < -0.3 is 15.4 Å². The van der Waals surface area contributed by atoms with Gasteiger partial charge in [-0.3, -0.25) is 9.89 Å². The summed E-state index contributed by atoms with van der Waals surface area (Å²) in [6.45, 7) is 0.784. The first kappa shape index (κ1) is 18.5. The summed E-state index contributed by atoms with van der Waals surface area (Å²) in [5, 5.41) is 9.13. The molecule has 2 aromatic heterocycles. The van der Waals surface area contributed by atoms with Crippen molar-refractivity contribution in [1.29, 1.82) is 0 Å². The highest BCUT2D eigenvalue weighted by atomic mass is 19.1. The first-order chi connectivity index (χ1) is 14.1. The van der Waals surface area contributed by atoms with Crippen molar-refractivity contribution in [3.05, 3.63) is 82.0 Å². The Bertz CT molecular complexity index is 1190. The van der Waals surface area contributed by atoms with Crippen molar-refractivity contribution in [1.82, 2.24) is 19.6 Å². The van der Waals surface area contributed by atoms with E-state index in [1.165, 1.54) is 22.7 Å². The normalized spacial score (nSPS) is 10.8. The number of nitrogens with one attached hydrogen (secondary N) is 3.